The third-order valence-corrected chi connectivity index (χ3v) is 13.1. The van der Waals surface area contributed by atoms with Crippen molar-refractivity contribution in [3.05, 3.63) is 29.3 Å². The molecule has 0 saturated heterocycles. The van der Waals surface area contributed by atoms with Crippen LogP contribution in [0.15, 0.2) is 39.1 Å². The first kappa shape index (κ1) is 23.5. The van der Waals surface area contributed by atoms with Crippen molar-refractivity contribution in [1.82, 2.24) is 4.57 Å². The molecule has 1 aromatic rings. The van der Waals surface area contributed by atoms with Crippen LogP contribution in [0.1, 0.15) is 65.7 Å². The summed E-state index contributed by atoms with van der Waals surface area (Å²) in [5.41, 5.74) is 0. The fraction of sp³-hybridized carbons (Fsp3) is 0.619. The van der Waals surface area contributed by atoms with Crippen LogP contribution in [0.2, 0.25) is 0 Å². The van der Waals surface area contributed by atoms with Crippen molar-refractivity contribution in [3.63, 3.8) is 0 Å². The van der Waals surface area contributed by atoms with E-state index in [9.17, 15) is 0 Å². The van der Waals surface area contributed by atoms with Crippen LogP contribution in [0.5, 0.6) is 0 Å². The third-order valence-electron chi connectivity index (χ3n) is 4.36. The minimum absolute atomic E-state index is 1.13. The number of thioether (sulfide) groups is 6. The summed E-state index contributed by atoms with van der Waals surface area (Å²) in [6.45, 7) is 7.95. The first-order chi connectivity index (χ1) is 13.7. The van der Waals surface area contributed by atoms with E-state index >= 15 is 0 Å². The van der Waals surface area contributed by atoms with Crippen LogP contribution in [-0.4, -0.2) is 16.1 Å². The lowest BCUT2D eigenvalue weighted by atomic mass is 10.3. The molecular formula is C21H31NS6. The monoisotopic (exact) mass is 489 g/mol. The SMILES string of the molecule is CCCCCSC1=C(SCCCCC)SC(=C2Sc3cn(CCC)cc3S2)S1. The Bertz CT molecular complexity index is 654. The summed E-state index contributed by atoms with van der Waals surface area (Å²) in [4.78, 5) is 2.90. The Kier molecular flexibility index (Phi) is 10.6. The number of aromatic nitrogens is 1. The molecule has 2 aliphatic heterocycles. The smallest absolute Gasteiger partial charge is 0.0717 e. The van der Waals surface area contributed by atoms with Gasteiger partial charge >= 0.3 is 0 Å². The third kappa shape index (κ3) is 6.68. The number of aryl methyl sites for hydroxylation is 1. The Labute approximate surface area is 196 Å². The predicted molar refractivity (Wildman–Crippen MR) is 140 cm³/mol. The van der Waals surface area contributed by atoms with Gasteiger partial charge < -0.3 is 4.57 Å². The van der Waals surface area contributed by atoms with Crippen LogP contribution in [-0.2, 0) is 6.54 Å². The molecule has 0 aliphatic carbocycles. The molecular weight excluding hydrogens is 459 g/mol. The van der Waals surface area contributed by atoms with Gasteiger partial charge in [-0.25, -0.2) is 0 Å². The predicted octanol–water partition coefficient (Wildman–Crippen LogP) is 9.68. The summed E-state index contributed by atoms with van der Waals surface area (Å²) in [5.74, 6) is 2.53. The van der Waals surface area contributed by atoms with Gasteiger partial charge in [-0.2, -0.15) is 0 Å². The molecule has 0 N–H and O–H groups in total. The zero-order valence-electron chi connectivity index (χ0n) is 17.1. The average Bonchev–Trinajstić information content (AvgIpc) is 3.36. The van der Waals surface area contributed by atoms with E-state index in [-0.39, 0.29) is 0 Å². The Morgan fingerprint density at radius 3 is 1.64 bits per heavy atom. The van der Waals surface area contributed by atoms with Gasteiger partial charge in [-0.05, 0) is 30.8 Å². The summed E-state index contributed by atoms with van der Waals surface area (Å²) in [6, 6.07) is 0. The summed E-state index contributed by atoms with van der Waals surface area (Å²) in [5, 5.41) is 0. The largest absolute Gasteiger partial charge is 0.352 e. The number of unbranched alkanes of at least 4 members (excludes halogenated alkanes) is 4. The van der Waals surface area contributed by atoms with Gasteiger partial charge in [0.1, 0.15) is 0 Å². The maximum Gasteiger partial charge on any atom is 0.0717 e. The van der Waals surface area contributed by atoms with Crippen LogP contribution in [0, 0.1) is 0 Å². The molecule has 0 aromatic carbocycles. The highest BCUT2D eigenvalue weighted by molar-refractivity contribution is 8.42. The highest BCUT2D eigenvalue weighted by Gasteiger charge is 2.29. The topological polar surface area (TPSA) is 4.93 Å². The number of nitrogens with zero attached hydrogens (tertiary/aromatic N) is 1. The molecule has 156 valence electrons. The van der Waals surface area contributed by atoms with Gasteiger partial charge in [0, 0.05) is 28.7 Å². The molecule has 0 bridgehead atoms. The molecule has 7 heteroatoms. The van der Waals surface area contributed by atoms with Crippen LogP contribution >= 0.6 is 70.6 Å². The summed E-state index contributed by atoms with van der Waals surface area (Å²) < 4.78 is 8.50. The van der Waals surface area contributed by atoms with Gasteiger partial charge in [-0.1, -0.05) is 93.5 Å². The lowest BCUT2D eigenvalue weighted by Crippen LogP contribution is -1.91. The number of fused-ring (bicyclic) bond motifs is 1. The van der Waals surface area contributed by atoms with E-state index in [2.05, 4.69) is 61.3 Å². The van der Waals surface area contributed by atoms with Crippen LogP contribution in [0.4, 0.5) is 0 Å². The van der Waals surface area contributed by atoms with E-state index in [4.69, 9.17) is 0 Å². The Hall–Kier alpha value is 0.860. The molecule has 3 heterocycles. The quantitative estimate of drug-likeness (QED) is 0.267. The maximum absolute atomic E-state index is 2.35. The normalized spacial score (nSPS) is 16.5. The molecule has 0 fully saturated rings. The molecule has 3 rings (SSSR count). The lowest BCUT2D eigenvalue weighted by Gasteiger charge is -2.04. The van der Waals surface area contributed by atoms with Crippen molar-refractivity contribution >= 4 is 70.6 Å². The zero-order chi connectivity index (χ0) is 19.8. The van der Waals surface area contributed by atoms with E-state index in [1.54, 1.807) is 8.47 Å². The average molecular weight is 490 g/mol. The molecule has 0 spiro atoms. The molecule has 28 heavy (non-hydrogen) atoms. The molecule has 0 amide bonds. The summed E-state index contributed by atoms with van der Waals surface area (Å²) >= 11 is 12.2. The van der Waals surface area contributed by atoms with Gasteiger partial charge in [0.25, 0.3) is 0 Å². The van der Waals surface area contributed by atoms with Gasteiger partial charge in [-0.15, -0.1) is 23.5 Å². The minimum atomic E-state index is 1.13. The Morgan fingerprint density at radius 1 is 0.679 bits per heavy atom. The Morgan fingerprint density at radius 2 is 1.18 bits per heavy atom. The van der Waals surface area contributed by atoms with Crippen molar-refractivity contribution in [3.8, 4) is 0 Å². The van der Waals surface area contributed by atoms with E-state index < -0.39 is 0 Å². The second-order valence-electron chi connectivity index (χ2n) is 6.89. The first-order valence-corrected chi connectivity index (χ1v) is 15.6. The summed E-state index contributed by atoms with van der Waals surface area (Å²) in [7, 11) is 0. The minimum Gasteiger partial charge on any atom is -0.352 e. The highest BCUT2D eigenvalue weighted by atomic mass is 32.3. The second kappa shape index (κ2) is 12.7. The van der Waals surface area contributed by atoms with E-state index in [0.29, 0.717) is 0 Å². The Balaban J connectivity index is 1.62. The van der Waals surface area contributed by atoms with Crippen molar-refractivity contribution < 1.29 is 0 Å². The molecule has 2 aliphatic rings. The van der Waals surface area contributed by atoms with Crippen molar-refractivity contribution in [2.24, 2.45) is 0 Å². The number of hydrogen-bond donors (Lipinski definition) is 0. The zero-order valence-corrected chi connectivity index (χ0v) is 22.0. The fourth-order valence-electron chi connectivity index (χ4n) is 2.88. The van der Waals surface area contributed by atoms with E-state index in [1.807, 2.05) is 47.0 Å². The highest BCUT2D eigenvalue weighted by Crippen LogP contribution is 2.64. The maximum atomic E-state index is 2.35. The van der Waals surface area contributed by atoms with Crippen molar-refractivity contribution in [2.75, 3.05) is 11.5 Å². The molecule has 0 atom stereocenters. The van der Waals surface area contributed by atoms with Gasteiger partial charge in [-0.3, -0.25) is 0 Å². The van der Waals surface area contributed by atoms with Crippen LogP contribution in [0.25, 0.3) is 0 Å². The summed E-state index contributed by atoms with van der Waals surface area (Å²) in [6.07, 6.45) is 13.9. The van der Waals surface area contributed by atoms with Crippen molar-refractivity contribution in [1.29, 1.82) is 0 Å². The molecule has 0 unspecified atom stereocenters. The van der Waals surface area contributed by atoms with Gasteiger partial charge in [0.05, 0.1) is 16.9 Å². The number of hydrogen-bond acceptors (Lipinski definition) is 6. The van der Waals surface area contributed by atoms with Gasteiger partial charge in [0.2, 0.25) is 0 Å². The molecule has 1 aromatic heterocycles. The molecule has 0 radical (unpaired) electrons. The second-order valence-corrected chi connectivity index (χ2v) is 14.3. The number of rotatable bonds is 12. The van der Waals surface area contributed by atoms with Crippen LogP contribution in [0.3, 0.4) is 0 Å². The molecule has 1 nitrogen and oxygen atoms in total. The lowest BCUT2D eigenvalue weighted by molar-refractivity contribution is 0.679. The fourth-order valence-corrected chi connectivity index (χ4v) is 11.7. The van der Waals surface area contributed by atoms with E-state index in [1.165, 1.54) is 74.7 Å². The van der Waals surface area contributed by atoms with E-state index in [0.717, 1.165) is 6.54 Å². The molecule has 0 saturated carbocycles. The van der Waals surface area contributed by atoms with Crippen molar-refractivity contribution in [2.45, 2.75) is 82.1 Å². The first-order valence-electron chi connectivity index (χ1n) is 10.4. The standard InChI is InChI=1S/C21H31NS6/c1-4-7-9-12-23-18-19(24-13-10-8-5-2)28-21(27-18)20-25-16-14-22(11-6-3)15-17(16)26-20/h14-15H,4-13H2,1-3H3. The van der Waals surface area contributed by atoms with Gasteiger partial charge in [0.15, 0.2) is 0 Å². The van der Waals surface area contributed by atoms with Crippen LogP contribution < -0.4 is 0 Å².